The van der Waals surface area contributed by atoms with E-state index in [0.29, 0.717) is 30.6 Å². The van der Waals surface area contributed by atoms with Gasteiger partial charge < -0.3 is 20.9 Å². The van der Waals surface area contributed by atoms with Gasteiger partial charge >= 0.3 is 0 Å². The molecule has 118 valence electrons. The first kappa shape index (κ1) is 15.9. The number of nitrogens with zero attached hydrogens (tertiary/aromatic N) is 1. The largest absolute Gasteiger partial charge is 0.476 e. The predicted molar refractivity (Wildman–Crippen MR) is 85.5 cm³/mol. The Hall–Kier alpha value is -1.49. The van der Waals surface area contributed by atoms with E-state index >= 15 is 0 Å². The summed E-state index contributed by atoms with van der Waals surface area (Å²) in [4.78, 5) is 4.44. The Kier molecular flexibility index (Phi) is 5.28. The van der Waals surface area contributed by atoms with Gasteiger partial charge in [-0.05, 0) is 43.7 Å². The molecule has 1 aliphatic carbocycles. The molecule has 0 aromatic carbocycles. The van der Waals surface area contributed by atoms with E-state index in [9.17, 15) is 5.11 Å². The number of nitrogens with one attached hydrogen (secondary N) is 1. The van der Waals surface area contributed by atoms with Gasteiger partial charge in [0.1, 0.15) is 5.82 Å². The summed E-state index contributed by atoms with van der Waals surface area (Å²) in [5, 5.41) is 12.9. The van der Waals surface area contributed by atoms with E-state index < -0.39 is 0 Å². The van der Waals surface area contributed by atoms with Crippen LogP contribution < -0.4 is 15.8 Å². The molecule has 0 bridgehead atoms. The van der Waals surface area contributed by atoms with Crippen LogP contribution in [0.5, 0.6) is 5.88 Å². The van der Waals surface area contributed by atoms with Crippen LogP contribution in [-0.4, -0.2) is 29.8 Å². The third kappa shape index (κ3) is 4.24. The lowest BCUT2D eigenvalue weighted by Crippen LogP contribution is -2.32. The summed E-state index contributed by atoms with van der Waals surface area (Å²) in [5.74, 6) is 1.93. The highest BCUT2D eigenvalue weighted by molar-refractivity contribution is 5.53. The molecule has 1 aliphatic rings. The quantitative estimate of drug-likeness (QED) is 0.652. The molecule has 1 fully saturated rings. The molecule has 21 heavy (non-hydrogen) atoms. The lowest BCUT2D eigenvalue weighted by molar-refractivity contribution is 0.127. The van der Waals surface area contributed by atoms with Crippen LogP contribution >= 0.6 is 0 Å². The molecule has 0 amide bonds. The first-order chi connectivity index (χ1) is 10.1. The minimum atomic E-state index is -0.0991. The summed E-state index contributed by atoms with van der Waals surface area (Å²) in [6.45, 7) is 5.76. The summed E-state index contributed by atoms with van der Waals surface area (Å²) in [7, 11) is 0. The number of aliphatic hydroxyl groups is 1. The fourth-order valence-corrected chi connectivity index (χ4v) is 2.20. The monoisotopic (exact) mass is 293 g/mol. The molecule has 0 saturated heterocycles. The highest BCUT2D eigenvalue weighted by atomic mass is 16.5. The molecule has 0 unspecified atom stereocenters. The van der Waals surface area contributed by atoms with Gasteiger partial charge in [0.05, 0.1) is 18.9 Å². The van der Waals surface area contributed by atoms with E-state index in [1.54, 1.807) is 0 Å². The van der Waals surface area contributed by atoms with Crippen molar-refractivity contribution in [2.75, 3.05) is 30.8 Å². The van der Waals surface area contributed by atoms with Crippen molar-refractivity contribution in [2.24, 2.45) is 11.3 Å². The predicted octanol–water partition coefficient (Wildman–Crippen LogP) is 2.66. The third-order valence-corrected chi connectivity index (χ3v) is 4.52. The molecule has 1 heterocycles. The number of ether oxygens (including phenoxy) is 1. The Bertz CT molecular complexity index is 449. The van der Waals surface area contributed by atoms with Gasteiger partial charge in [-0.3, -0.25) is 0 Å². The van der Waals surface area contributed by atoms with Crippen LogP contribution in [0, 0.1) is 11.3 Å². The van der Waals surface area contributed by atoms with Crippen molar-refractivity contribution in [1.82, 2.24) is 4.98 Å². The van der Waals surface area contributed by atoms with Crippen molar-refractivity contribution >= 4 is 11.5 Å². The van der Waals surface area contributed by atoms with Crippen LogP contribution in [0.15, 0.2) is 12.1 Å². The van der Waals surface area contributed by atoms with Gasteiger partial charge in [0.25, 0.3) is 0 Å². The van der Waals surface area contributed by atoms with E-state index in [1.165, 1.54) is 12.8 Å². The Morgan fingerprint density at radius 1 is 1.38 bits per heavy atom. The summed E-state index contributed by atoms with van der Waals surface area (Å²) < 4.78 is 5.69. The Balaban J connectivity index is 1.97. The van der Waals surface area contributed by atoms with Gasteiger partial charge in [-0.25, -0.2) is 0 Å². The van der Waals surface area contributed by atoms with Crippen molar-refractivity contribution in [1.29, 1.82) is 0 Å². The number of aliphatic hydroxyl groups excluding tert-OH is 1. The normalized spacial score (nSPS) is 15.0. The average Bonchev–Trinajstić information content (AvgIpc) is 3.33. The second-order valence-corrected chi connectivity index (χ2v) is 6.06. The Morgan fingerprint density at radius 2 is 2.10 bits per heavy atom. The second kappa shape index (κ2) is 6.98. The van der Waals surface area contributed by atoms with E-state index in [4.69, 9.17) is 10.5 Å². The number of aromatic nitrogens is 1. The topological polar surface area (TPSA) is 80.4 Å². The highest BCUT2D eigenvalue weighted by Crippen LogP contribution is 2.31. The number of nitrogens with two attached hydrogens (primary N) is 1. The highest BCUT2D eigenvalue weighted by Gasteiger charge is 2.25. The molecule has 0 atom stereocenters. The summed E-state index contributed by atoms with van der Waals surface area (Å²) in [6.07, 6.45) is 4.33. The molecule has 0 spiro atoms. The summed E-state index contributed by atoms with van der Waals surface area (Å²) >= 11 is 0. The maximum absolute atomic E-state index is 9.60. The molecule has 0 radical (unpaired) electrons. The van der Waals surface area contributed by atoms with E-state index in [-0.39, 0.29) is 12.0 Å². The third-order valence-electron chi connectivity index (χ3n) is 4.52. The van der Waals surface area contributed by atoms with Crippen molar-refractivity contribution in [3.8, 4) is 5.88 Å². The van der Waals surface area contributed by atoms with Crippen molar-refractivity contribution < 1.29 is 9.84 Å². The first-order valence-corrected chi connectivity index (χ1v) is 7.86. The number of hydrogen-bond acceptors (Lipinski definition) is 5. The van der Waals surface area contributed by atoms with Crippen molar-refractivity contribution in [3.63, 3.8) is 0 Å². The van der Waals surface area contributed by atoms with Crippen LogP contribution in [0.1, 0.15) is 39.5 Å². The molecule has 0 aliphatic heterocycles. The van der Waals surface area contributed by atoms with Crippen molar-refractivity contribution in [3.05, 3.63) is 12.1 Å². The smallest absolute Gasteiger partial charge is 0.239 e. The van der Waals surface area contributed by atoms with E-state index in [2.05, 4.69) is 24.1 Å². The Morgan fingerprint density at radius 3 is 2.67 bits per heavy atom. The van der Waals surface area contributed by atoms with E-state index in [0.717, 1.165) is 18.7 Å². The molecule has 1 aromatic heterocycles. The Labute approximate surface area is 126 Å². The van der Waals surface area contributed by atoms with Gasteiger partial charge in [0.15, 0.2) is 0 Å². The van der Waals surface area contributed by atoms with E-state index in [1.807, 2.05) is 12.1 Å². The number of hydrogen-bond donors (Lipinski definition) is 3. The number of anilines is 2. The minimum absolute atomic E-state index is 0.0991. The number of rotatable bonds is 9. The fraction of sp³-hybridized carbons (Fsp3) is 0.688. The van der Waals surface area contributed by atoms with Crippen LogP contribution in [0.3, 0.4) is 0 Å². The maximum atomic E-state index is 9.60. The SMILES string of the molecule is CCC(CC)(CO)CNc1ccc(N)c(OCC2CC2)n1. The molecule has 1 aromatic rings. The van der Waals surface area contributed by atoms with Gasteiger partial charge in [0, 0.05) is 12.0 Å². The number of nitrogen functional groups attached to an aromatic ring is 1. The van der Waals surface area contributed by atoms with Gasteiger partial charge in [-0.2, -0.15) is 4.98 Å². The second-order valence-electron chi connectivity index (χ2n) is 6.06. The summed E-state index contributed by atoms with van der Waals surface area (Å²) in [6, 6.07) is 3.67. The zero-order chi connectivity index (χ0) is 15.3. The standard InChI is InChI=1S/C16H27N3O2/c1-3-16(4-2,11-20)10-18-14-8-7-13(17)15(19-14)21-9-12-5-6-12/h7-8,12,20H,3-6,9-11,17H2,1-2H3,(H,18,19). The van der Waals surface area contributed by atoms with Crippen LogP contribution in [0.4, 0.5) is 11.5 Å². The zero-order valence-corrected chi connectivity index (χ0v) is 13.1. The molecular weight excluding hydrogens is 266 g/mol. The van der Waals surface area contributed by atoms with Crippen LogP contribution in [0.25, 0.3) is 0 Å². The van der Waals surface area contributed by atoms with Crippen molar-refractivity contribution in [2.45, 2.75) is 39.5 Å². The maximum Gasteiger partial charge on any atom is 0.239 e. The molecular formula is C16H27N3O2. The van der Waals surface area contributed by atoms with Gasteiger partial charge in [-0.1, -0.05) is 13.8 Å². The first-order valence-electron chi connectivity index (χ1n) is 7.86. The van der Waals surface area contributed by atoms with Crippen LogP contribution in [-0.2, 0) is 0 Å². The lowest BCUT2D eigenvalue weighted by Gasteiger charge is -2.29. The molecule has 4 N–H and O–H groups in total. The van der Waals surface area contributed by atoms with Gasteiger partial charge in [0.2, 0.25) is 5.88 Å². The fourth-order valence-electron chi connectivity index (χ4n) is 2.20. The molecule has 2 rings (SSSR count). The lowest BCUT2D eigenvalue weighted by atomic mass is 9.83. The van der Waals surface area contributed by atoms with Crippen LogP contribution in [0.2, 0.25) is 0 Å². The van der Waals surface area contributed by atoms with Gasteiger partial charge in [-0.15, -0.1) is 0 Å². The average molecular weight is 293 g/mol. The molecule has 1 saturated carbocycles. The molecule has 5 nitrogen and oxygen atoms in total. The minimum Gasteiger partial charge on any atom is -0.476 e. The number of pyridine rings is 1. The summed E-state index contributed by atoms with van der Waals surface area (Å²) in [5.41, 5.74) is 6.37. The zero-order valence-electron chi connectivity index (χ0n) is 13.1. The molecule has 5 heteroatoms.